The molecule has 2 rings (SSSR count). The third-order valence-corrected chi connectivity index (χ3v) is 5.05. The van der Waals surface area contributed by atoms with Crippen molar-refractivity contribution in [3.8, 4) is 0 Å². The van der Waals surface area contributed by atoms with Gasteiger partial charge in [-0.25, -0.2) is 13.6 Å². The Kier molecular flexibility index (Phi) is 4.88. The molecule has 3 N–H and O–H groups in total. The van der Waals surface area contributed by atoms with Crippen LogP contribution in [0.1, 0.15) is 21.5 Å². The predicted molar refractivity (Wildman–Crippen MR) is 94.4 cm³/mol. The first kappa shape index (κ1) is 16.9. The molecular weight excluding hydrogens is 415 g/mol. The van der Waals surface area contributed by atoms with E-state index in [1.54, 1.807) is 32.0 Å². The molecule has 0 saturated heterocycles. The molecule has 1 amide bonds. The largest absolute Gasteiger partial charge is 0.322 e. The normalized spacial score (nSPS) is 11.3. The lowest BCUT2D eigenvalue weighted by atomic mass is 10.1. The molecule has 0 bridgehead atoms. The monoisotopic (exact) mass is 430 g/mol. The number of hydrogen-bond acceptors (Lipinski definition) is 3. The van der Waals surface area contributed by atoms with Gasteiger partial charge >= 0.3 is 0 Å². The van der Waals surface area contributed by atoms with Crippen LogP contribution in [0, 0.1) is 17.4 Å². The summed E-state index contributed by atoms with van der Waals surface area (Å²) < 4.78 is 24.3. The summed E-state index contributed by atoms with van der Waals surface area (Å²) in [7, 11) is -3.87. The molecule has 22 heavy (non-hydrogen) atoms. The maximum atomic E-state index is 12.3. The quantitative estimate of drug-likeness (QED) is 0.735. The maximum Gasteiger partial charge on any atom is 0.255 e. The molecule has 7 heteroatoms. The molecule has 116 valence electrons. The molecule has 2 aromatic carbocycles. The predicted octanol–water partition coefficient (Wildman–Crippen LogP) is 2.81. The molecule has 0 fully saturated rings. The van der Waals surface area contributed by atoms with Crippen molar-refractivity contribution in [1.29, 1.82) is 0 Å². The number of rotatable bonds is 3. The van der Waals surface area contributed by atoms with E-state index in [2.05, 4.69) is 27.9 Å². The lowest BCUT2D eigenvalue weighted by Crippen LogP contribution is -2.17. The molecule has 0 aliphatic heterocycles. The highest BCUT2D eigenvalue weighted by molar-refractivity contribution is 14.1. The number of primary sulfonamides is 1. The van der Waals surface area contributed by atoms with E-state index in [9.17, 15) is 13.2 Å². The van der Waals surface area contributed by atoms with Gasteiger partial charge in [-0.15, -0.1) is 0 Å². The summed E-state index contributed by atoms with van der Waals surface area (Å²) in [5.74, 6) is -0.380. The van der Waals surface area contributed by atoms with E-state index in [0.29, 0.717) is 16.8 Å². The number of nitrogens with one attached hydrogen (secondary N) is 1. The molecule has 0 spiro atoms. The molecule has 0 saturated carbocycles. The SMILES string of the molecule is Cc1cc(C(=O)Nc2ccc(I)cc2)cc(S(N)(=O)=O)c1C. The summed E-state index contributed by atoms with van der Waals surface area (Å²) in [6.45, 7) is 3.40. The van der Waals surface area contributed by atoms with Crippen molar-refractivity contribution in [3.05, 3.63) is 56.7 Å². The summed E-state index contributed by atoms with van der Waals surface area (Å²) in [4.78, 5) is 12.3. The van der Waals surface area contributed by atoms with Gasteiger partial charge < -0.3 is 5.32 Å². The van der Waals surface area contributed by atoms with Crippen molar-refractivity contribution in [3.63, 3.8) is 0 Å². The fraction of sp³-hybridized carbons (Fsp3) is 0.133. The molecule has 0 unspecified atom stereocenters. The molecule has 0 aromatic heterocycles. The lowest BCUT2D eigenvalue weighted by Gasteiger charge is -2.11. The van der Waals surface area contributed by atoms with Crippen LogP contribution in [-0.4, -0.2) is 14.3 Å². The van der Waals surface area contributed by atoms with Crippen LogP contribution in [0.25, 0.3) is 0 Å². The number of carbonyl (C=O) groups excluding carboxylic acids is 1. The standard InChI is InChI=1S/C15H15IN2O3S/c1-9-7-11(8-14(10(9)2)22(17,20)21)15(19)18-13-5-3-12(16)4-6-13/h3-8H,1-2H3,(H,18,19)(H2,17,20,21). The number of aryl methyl sites for hydroxylation is 1. The number of nitrogens with two attached hydrogens (primary N) is 1. The van der Waals surface area contributed by atoms with Gasteiger partial charge in [0.25, 0.3) is 5.91 Å². The van der Waals surface area contributed by atoms with Gasteiger partial charge in [0.1, 0.15) is 0 Å². The number of hydrogen-bond donors (Lipinski definition) is 2. The van der Waals surface area contributed by atoms with Gasteiger partial charge in [-0.05, 0) is 84.0 Å². The minimum Gasteiger partial charge on any atom is -0.322 e. The zero-order chi connectivity index (χ0) is 16.5. The fourth-order valence-corrected chi connectivity index (χ4v) is 3.23. The third-order valence-electron chi connectivity index (χ3n) is 3.29. The van der Waals surface area contributed by atoms with Crippen LogP contribution in [0.5, 0.6) is 0 Å². The topological polar surface area (TPSA) is 89.3 Å². The summed E-state index contributed by atoms with van der Waals surface area (Å²) in [6, 6.07) is 10.2. The average Bonchev–Trinajstić information content (AvgIpc) is 2.42. The second kappa shape index (κ2) is 6.35. The van der Waals surface area contributed by atoms with Gasteiger partial charge in [0.2, 0.25) is 10.0 Å². The Morgan fingerprint density at radius 3 is 2.27 bits per heavy atom. The molecule has 2 aromatic rings. The van der Waals surface area contributed by atoms with Gasteiger partial charge in [-0.1, -0.05) is 0 Å². The van der Waals surface area contributed by atoms with E-state index in [0.717, 1.165) is 3.57 Å². The molecule has 0 aliphatic carbocycles. The Morgan fingerprint density at radius 1 is 1.14 bits per heavy atom. The van der Waals surface area contributed by atoms with E-state index in [4.69, 9.17) is 5.14 Å². The Bertz CT molecular complexity index is 831. The summed E-state index contributed by atoms with van der Waals surface area (Å²) >= 11 is 2.17. The van der Waals surface area contributed by atoms with Crippen LogP contribution in [0.2, 0.25) is 0 Å². The molecule has 5 nitrogen and oxygen atoms in total. The number of sulfonamides is 1. The van der Waals surface area contributed by atoms with Crippen molar-refractivity contribution in [2.75, 3.05) is 5.32 Å². The zero-order valence-corrected chi connectivity index (χ0v) is 15.0. The van der Waals surface area contributed by atoms with Gasteiger partial charge in [-0.2, -0.15) is 0 Å². The number of benzene rings is 2. The van der Waals surface area contributed by atoms with Crippen LogP contribution in [0.3, 0.4) is 0 Å². The minimum absolute atomic E-state index is 0.0275. The second-order valence-corrected chi connectivity index (χ2v) is 7.70. The van der Waals surface area contributed by atoms with E-state index in [1.807, 2.05) is 12.1 Å². The smallest absolute Gasteiger partial charge is 0.255 e. The van der Waals surface area contributed by atoms with Crippen LogP contribution in [-0.2, 0) is 10.0 Å². The van der Waals surface area contributed by atoms with Gasteiger partial charge in [0.15, 0.2) is 0 Å². The molecular formula is C15H15IN2O3S. The third kappa shape index (κ3) is 3.84. The Hall–Kier alpha value is -1.45. The van der Waals surface area contributed by atoms with Crippen LogP contribution < -0.4 is 10.5 Å². The van der Waals surface area contributed by atoms with Gasteiger partial charge in [0, 0.05) is 14.8 Å². The number of amides is 1. The zero-order valence-electron chi connectivity index (χ0n) is 12.1. The van der Waals surface area contributed by atoms with Crippen LogP contribution >= 0.6 is 22.6 Å². The number of halogens is 1. The van der Waals surface area contributed by atoms with Crippen molar-refractivity contribution >= 4 is 44.2 Å². The summed E-state index contributed by atoms with van der Waals surface area (Å²) in [6.07, 6.45) is 0. The summed E-state index contributed by atoms with van der Waals surface area (Å²) in [5, 5.41) is 7.94. The van der Waals surface area contributed by atoms with Gasteiger partial charge in [0.05, 0.1) is 4.90 Å². The average molecular weight is 430 g/mol. The van der Waals surface area contributed by atoms with Crippen molar-refractivity contribution in [1.82, 2.24) is 0 Å². The first-order valence-electron chi connectivity index (χ1n) is 6.39. The van der Waals surface area contributed by atoms with E-state index in [1.165, 1.54) is 6.07 Å². The Labute approximate surface area is 143 Å². The Balaban J connectivity index is 2.38. The number of carbonyl (C=O) groups is 1. The highest BCUT2D eigenvalue weighted by Crippen LogP contribution is 2.21. The first-order chi connectivity index (χ1) is 10.2. The molecule has 0 atom stereocenters. The molecule has 0 aliphatic rings. The lowest BCUT2D eigenvalue weighted by molar-refractivity contribution is 0.102. The van der Waals surface area contributed by atoms with Crippen LogP contribution in [0.4, 0.5) is 5.69 Å². The minimum atomic E-state index is -3.87. The summed E-state index contributed by atoms with van der Waals surface area (Å²) in [5.41, 5.74) is 2.14. The fourth-order valence-electron chi connectivity index (χ4n) is 1.99. The number of anilines is 1. The van der Waals surface area contributed by atoms with Crippen molar-refractivity contribution in [2.24, 2.45) is 5.14 Å². The highest BCUT2D eigenvalue weighted by Gasteiger charge is 2.17. The van der Waals surface area contributed by atoms with Gasteiger partial charge in [-0.3, -0.25) is 4.79 Å². The van der Waals surface area contributed by atoms with Crippen LogP contribution in [0.15, 0.2) is 41.3 Å². The molecule has 0 radical (unpaired) electrons. The Morgan fingerprint density at radius 2 is 1.73 bits per heavy atom. The second-order valence-electron chi connectivity index (χ2n) is 4.92. The van der Waals surface area contributed by atoms with E-state index < -0.39 is 10.0 Å². The highest BCUT2D eigenvalue weighted by atomic mass is 127. The molecule has 0 heterocycles. The van der Waals surface area contributed by atoms with Crippen molar-refractivity contribution < 1.29 is 13.2 Å². The van der Waals surface area contributed by atoms with Crippen molar-refractivity contribution in [2.45, 2.75) is 18.7 Å². The van der Waals surface area contributed by atoms with E-state index >= 15 is 0 Å². The van der Waals surface area contributed by atoms with E-state index in [-0.39, 0.29) is 16.4 Å². The first-order valence-corrected chi connectivity index (χ1v) is 9.02. The maximum absolute atomic E-state index is 12.3.